The summed E-state index contributed by atoms with van der Waals surface area (Å²) < 4.78 is 0. The first-order chi connectivity index (χ1) is 23.9. The van der Waals surface area contributed by atoms with Crippen molar-refractivity contribution < 1.29 is 19.2 Å². The third kappa shape index (κ3) is 11.4. The number of carbonyl (C=O) groups excluding carboxylic acids is 4. The molecule has 0 unspecified atom stereocenters. The van der Waals surface area contributed by atoms with Crippen LogP contribution in [0.2, 0.25) is 20.1 Å². The highest BCUT2D eigenvalue weighted by molar-refractivity contribution is 6.38. The lowest BCUT2D eigenvalue weighted by Crippen LogP contribution is -2.20. The predicted molar refractivity (Wildman–Crippen MR) is 201 cm³/mol. The zero-order chi connectivity index (χ0) is 36.2. The molecule has 4 N–H and O–H groups in total. The van der Waals surface area contributed by atoms with Crippen LogP contribution in [0.15, 0.2) is 95.1 Å². The van der Waals surface area contributed by atoms with Crippen molar-refractivity contribution in [2.24, 2.45) is 10.2 Å². The molecule has 4 rings (SSSR count). The molecule has 10 nitrogen and oxygen atoms in total. The van der Waals surface area contributed by atoms with Crippen molar-refractivity contribution in [1.82, 2.24) is 10.9 Å². The van der Waals surface area contributed by atoms with Crippen LogP contribution in [-0.4, -0.2) is 35.1 Å². The van der Waals surface area contributed by atoms with Crippen LogP contribution in [0.4, 0.5) is 11.4 Å². The summed E-state index contributed by atoms with van der Waals surface area (Å²) in [6.45, 7) is 3.46. The first-order valence-corrected chi connectivity index (χ1v) is 16.8. The molecule has 50 heavy (non-hydrogen) atoms. The van der Waals surface area contributed by atoms with E-state index in [-0.39, 0.29) is 45.8 Å². The molecule has 4 aromatic rings. The van der Waals surface area contributed by atoms with Crippen molar-refractivity contribution in [3.05, 3.63) is 127 Å². The van der Waals surface area contributed by atoms with Gasteiger partial charge in [0.25, 0.3) is 11.8 Å². The van der Waals surface area contributed by atoms with Crippen molar-refractivity contribution in [1.29, 1.82) is 0 Å². The average molecular weight is 755 g/mol. The summed E-state index contributed by atoms with van der Waals surface area (Å²) in [5.41, 5.74) is 9.12. The van der Waals surface area contributed by atoms with Gasteiger partial charge in [0, 0.05) is 34.3 Å². The lowest BCUT2D eigenvalue weighted by molar-refractivity contribution is -0.123. The summed E-state index contributed by atoms with van der Waals surface area (Å²) in [6.07, 6.45) is 1.27. The molecule has 4 amide bonds. The number of nitrogens with zero attached hydrogens (tertiary/aromatic N) is 2. The Labute approximate surface area is 309 Å². The average Bonchev–Trinajstić information content (AvgIpc) is 3.08. The fourth-order valence-corrected chi connectivity index (χ4v) is 5.48. The topological polar surface area (TPSA) is 141 Å². The number of amides is 4. The van der Waals surface area contributed by atoms with Gasteiger partial charge in [-0.05, 0) is 98.5 Å². The van der Waals surface area contributed by atoms with Gasteiger partial charge in [0.05, 0.1) is 32.6 Å². The van der Waals surface area contributed by atoms with E-state index in [0.717, 1.165) is 0 Å². The second-order valence-electron chi connectivity index (χ2n) is 11.0. The van der Waals surface area contributed by atoms with Gasteiger partial charge in [0.2, 0.25) is 11.8 Å². The third-order valence-electron chi connectivity index (χ3n) is 7.18. The van der Waals surface area contributed by atoms with Crippen LogP contribution in [0, 0.1) is 0 Å². The Balaban J connectivity index is 1.19. The van der Waals surface area contributed by atoms with Crippen molar-refractivity contribution in [3.63, 3.8) is 0 Å². The zero-order valence-corrected chi connectivity index (χ0v) is 30.0. The zero-order valence-electron chi connectivity index (χ0n) is 27.0. The van der Waals surface area contributed by atoms with Gasteiger partial charge in [-0.3, -0.25) is 19.2 Å². The fourth-order valence-electron chi connectivity index (χ4n) is 4.49. The van der Waals surface area contributed by atoms with Gasteiger partial charge < -0.3 is 10.6 Å². The highest BCUT2D eigenvalue weighted by Gasteiger charge is 2.13. The maximum Gasteiger partial charge on any atom is 0.257 e. The molecule has 0 heterocycles. The fraction of sp³-hybridized carbons (Fsp3) is 0.167. The molecular formula is C36H32Cl4N6O4. The smallest absolute Gasteiger partial charge is 0.257 e. The Hall–Kier alpha value is -4.74. The molecule has 4 aromatic carbocycles. The van der Waals surface area contributed by atoms with Crippen LogP contribution in [0.25, 0.3) is 0 Å². The van der Waals surface area contributed by atoms with Crippen LogP contribution >= 0.6 is 46.4 Å². The van der Waals surface area contributed by atoms with Gasteiger partial charge in [0.1, 0.15) is 0 Å². The van der Waals surface area contributed by atoms with Crippen molar-refractivity contribution >= 4 is 92.8 Å². The molecule has 0 saturated heterocycles. The number of hydrogen-bond acceptors (Lipinski definition) is 6. The van der Waals surface area contributed by atoms with E-state index in [4.69, 9.17) is 46.4 Å². The molecule has 0 saturated carbocycles. The molecule has 258 valence electrons. The lowest BCUT2D eigenvalue weighted by Gasteiger charge is -2.09. The molecule has 0 atom stereocenters. The van der Waals surface area contributed by atoms with Gasteiger partial charge in [-0.2, -0.15) is 10.2 Å². The number of benzene rings is 4. The number of nitrogens with one attached hydrogen (secondary N) is 4. The van der Waals surface area contributed by atoms with Crippen LogP contribution in [-0.2, 0) is 9.59 Å². The molecule has 0 aliphatic heterocycles. The van der Waals surface area contributed by atoms with Crippen LogP contribution in [0.3, 0.4) is 0 Å². The lowest BCUT2D eigenvalue weighted by atomic mass is 10.1. The van der Waals surface area contributed by atoms with E-state index in [2.05, 4.69) is 31.7 Å². The summed E-state index contributed by atoms with van der Waals surface area (Å²) in [5, 5.41) is 15.3. The third-order valence-corrected chi connectivity index (χ3v) is 8.28. The van der Waals surface area contributed by atoms with E-state index in [9.17, 15) is 19.2 Å². The summed E-state index contributed by atoms with van der Waals surface area (Å²) in [4.78, 5) is 50.0. The quantitative estimate of drug-likeness (QED) is 0.0616. The standard InChI is InChI=1S/C36H32Cl4N6O4/c1-21(23-7-5-9-27(17-23)41-35(49)29-15-13-25(37)19-31(29)39)43-45-33(47)11-3-4-12-34(48)46-44-22(2)24-8-6-10-28(18-24)42-36(50)30-16-14-26(38)20-32(30)40/h5-10,13-20H,3-4,11-12H2,1-2H3,(H,41,49)(H,42,50)(H,45,47)(H,46,48). The Morgan fingerprint density at radius 3 is 1.34 bits per heavy atom. The molecule has 0 bridgehead atoms. The minimum Gasteiger partial charge on any atom is -0.322 e. The summed E-state index contributed by atoms with van der Waals surface area (Å²) >= 11 is 24.1. The largest absolute Gasteiger partial charge is 0.322 e. The number of hydrazone groups is 2. The van der Waals surface area contributed by atoms with Crippen molar-refractivity contribution in [2.75, 3.05) is 10.6 Å². The predicted octanol–water partition coefficient (Wildman–Crippen LogP) is 8.75. The van der Waals surface area contributed by atoms with Gasteiger partial charge in [-0.1, -0.05) is 70.7 Å². The van der Waals surface area contributed by atoms with Gasteiger partial charge in [-0.25, -0.2) is 10.9 Å². The monoisotopic (exact) mass is 752 g/mol. The summed E-state index contributed by atoms with van der Waals surface area (Å²) in [6, 6.07) is 23.2. The van der Waals surface area contributed by atoms with Crippen LogP contribution < -0.4 is 21.5 Å². The molecule has 0 spiro atoms. The van der Waals surface area contributed by atoms with E-state index in [1.54, 1.807) is 86.6 Å². The Morgan fingerprint density at radius 2 is 0.960 bits per heavy atom. The first-order valence-electron chi connectivity index (χ1n) is 15.3. The Morgan fingerprint density at radius 1 is 0.560 bits per heavy atom. The van der Waals surface area contributed by atoms with E-state index < -0.39 is 11.8 Å². The number of unbranched alkanes of at least 4 members (excludes halogenated alkanes) is 1. The SMILES string of the molecule is CC(=NNC(=O)CCCCC(=O)NN=C(C)c1cccc(NC(=O)c2ccc(Cl)cc2Cl)c1)c1cccc(NC(=O)c2ccc(Cl)cc2Cl)c1. The molecule has 0 fully saturated rings. The highest BCUT2D eigenvalue weighted by Crippen LogP contribution is 2.24. The van der Waals surface area contributed by atoms with E-state index in [1.807, 2.05) is 0 Å². The van der Waals surface area contributed by atoms with Gasteiger partial charge in [0.15, 0.2) is 0 Å². The minimum absolute atomic E-state index is 0.171. The number of halogens is 4. The number of hydrogen-bond donors (Lipinski definition) is 4. The van der Waals surface area contributed by atoms with Crippen LogP contribution in [0.5, 0.6) is 0 Å². The molecule has 0 radical (unpaired) electrons. The van der Waals surface area contributed by atoms with Gasteiger partial charge in [-0.15, -0.1) is 0 Å². The minimum atomic E-state index is -0.392. The Bertz CT molecular complexity index is 1840. The van der Waals surface area contributed by atoms with Gasteiger partial charge >= 0.3 is 0 Å². The maximum absolute atomic E-state index is 12.7. The van der Waals surface area contributed by atoms with Crippen molar-refractivity contribution in [3.8, 4) is 0 Å². The summed E-state index contributed by atoms with van der Waals surface area (Å²) in [7, 11) is 0. The van der Waals surface area contributed by atoms with E-state index in [0.29, 0.717) is 56.8 Å². The second kappa shape index (κ2) is 18.3. The second-order valence-corrected chi connectivity index (χ2v) is 12.7. The highest BCUT2D eigenvalue weighted by atomic mass is 35.5. The molecule has 0 aromatic heterocycles. The first kappa shape index (κ1) is 38.1. The van der Waals surface area contributed by atoms with E-state index >= 15 is 0 Å². The van der Waals surface area contributed by atoms with Crippen molar-refractivity contribution in [2.45, 2.75) is 39.5 Å². The molecular weight excluding hydrogens is 722 g/mol. The number of anilines is 2. The molecule has 0 aliphatic rings. The normalized spacial score (nSPS) is 11.5. The molecule has 14 heteroatoms. The molecule has 0 aliphatic carbocycles. The van der Waals surface area contributed by atoms with Crippen LogP contribution in [0.1, 0.15) is 71.4 Å². The summed E-state index contributed by atoms with van der Waals surface area (Å²) in [5.74, 6) is -1.38. The van der Waals surface area contributed by atoms with E-state index in [1.165, 1.54) is 12.1 Å². The number of carbonyl (C=O) groups is 4. The maximum atomic E-state index is 12.7. The Kier molecular flexibility index (Phi) is 13.9. The number of rotatable bonds is 13.